The summed E-state index contributed by atoms with van der Waals surface area (Å²) in [5, 5.41) is 1.57. The fourth-order valence-corrected chi connectivity index (χ4v) is 9.85. The summed E-state index contributed by atoms with van der Waals surface area (Å²) in [6, 6.07) is 28.2. The fourth-order valence-electron chi connectivity index (χ4n) is 3.91. The molecule has 0 radical (unpaired) electrons. The minimum atomic E-state index is -3.71. The maximum absolute atomic E-state index is 15.2. The molecule has 1 heterocycles. The molecule has 3 aromatic carbocycles. The summed E-state index contributed by atoms with van der Waals surface area (Å²) in [7, 11) is -7.10. The molecule has 4 nitrogen and oxygen atoms in total. The first-order chi connectivity index (χ1) is 15.3. The maximum Gasteiger partial charge on any atom is 0.357 e. The lowest BCUT2D eigenvalue weighted by Gasteiger charge is -2.38. The quantitative estimate of drug-likeness (QED) is 0.388. The summed E-state index contributed by atoms with van der Waals surface area (Å²) in [5.41, 5.74) is -0.250. The van der Waals surface area contributed by atoms with E-state index < -0.39 is 20.4 Å². The Morgan fingerprint density at radius 3 is 1.69 bits per heavy atom. The molecule has 1 aliphatic heterocycles. The Kier molecular flexibility index (Phi) is 6.43. The molecule has 0 saturated carbocycles. The highest BCUT2D eigenvalue weighted by molar-refractivity contribution is 7.80. The summed E-state index contributed by atoms with van der Waals surface area (Å²) in [6.07, 6.45) is 0. The third-order valence-electron chi connectivity index (χ3n) is 5.68. The van der Waals surface area contributed by atoms with Crippen LogP contribution in [0.1, 0.15) is 25.1 Å². The predicted molar refractivity (Wildman–Crippen MR) is 131 cm³/mol. The van der Waals surface area contributed by atoms with Crippen LogP contribution in [0.3, 0.4) is 0 Å². The molecule has 1 unspecified atom stereocenters. The van der Waals surface area contributed by atoms with E-state index in [2.05, 4.69) is 6.58 Å². The number of rotatable bonds is 6. The molecule has 0 bridgehead atoms. The molecule has 0 aliphatic carbocycles. The highest BCUT2D eigenvalue weighted by atomic mass is 31.2. The van der Waals surface area contributed by atoms with Crippen molar-refractivity contribution >= 4 is 25.3 Å². The summed E-state index contributed by atoms with van der Waals surface area (Å²) in [4.78, 5) is 0. The number of allylic oxidation sites excluding steroid dienone is 1. The number of benzene rings is 3. The van der Waals surface area contributed by atoms with Gasteiger partial charge in [0.2, 0.25) is 0 Å². The lowest BCUT2D eigenvalue weighted by Crippen LogP contribution is -2.31. The Morgan fingerprint density at radius 1 is 0.844 bits per heavy atom. The van der Waals surface area contributed by atoms with Gasteiger partial charge >= 0.3 is 7.60 Å². The van der Waals surface area contributed by atoms with Crippen LogP contribution >= 0.6 is 14.7 Å². The molecule has 0 aromatic heterocycles. The molecule has 4 rings (SSSR count). The van der Waals surface area contributed by atoms with Gasteiger partial charge in [0.25, 0.3) is 0 Å². The Bertz CT molecular complexity index is 1120. The van der Waals surface area contributed by atoms with Crippen LogP contribution in [-0.2, 0) is 18.2 Å². The van der Waals surface area contributed by atoms with E-state index in [1.807, 2.05) is 105 Å². The van der Waals surface area contributed by atoms with Crippen molar-refractivity contribution in [2.45, 2.75) is 19.5 Å². The van der Waals surface area contributed by atoms with Crippen LogP contribution in [0.25, 0.3) is 0 Å². The normalized spacial score (nSPS) is 18.6. The summed E-state index contributed by atoms with van der Waals surface area (Å²) in [6.45, 7) is 8.76. The molecule has 166 valence electrons. The van der Waals surface area contributed by atoms with Crippen LogP contribution < -0.4 is 10.6 Å². The second kappa shape index (κ2) is 8.96. The van der Waals surface area contributed by atoms with Gasteiger partial charge in [-0.15, -0.1) is 0 Å². The van der Waals surface area contributed by atoms with Crippen molar-refractivity contribution < 1.29 is 18.2 Å². The van der Waals surface area contributed by atoms with E-state index in [0.717, 1.165) is 5.56 Å². The molecular weight excluding hydrogens is 438 g/mol. The first kappa shape index (κ1) is 23.0. The molecule has 6 heteroatoms. The van der Waals surface area contributed by atoms with Crippen LogP contribution in [0.2, 0.25) is 0 Å². The van der Waals surface area contributed by atoms with E-state index >= 15 is 4.57 Å². The molecule has 0 amide bonds. The van der Waals surface area contributed by atoms with Gasteiger partial charge < -0.3 is 13.6 Å². The molecule has 1 atom stereocenters. The minimum Gasteiger partial charge on any atom is -0.313 e. The molecule has 0 N–H and O–H groups in total. The zero-order valence-electron chi connectivity index (χ0n) is 18.4. The van der Waals surface area contributed by atoms with Crippen LogP contribution in [0.15, 0.2) is 103 Å². The zero-order chi connectivity index (χ0) is 22.8. The average molecular weight is 466 g/mol. The second-order valence-corrected chi connectivity index (χ2v) is 13.8. The Morgan fingerprint density at radius 2 is 1.25 bits per heavy atom. The van der Waals surface area contributed by atoms with Crippen molar-refractivity contribution in [2.24, 2.45) is 5.41 Å². The molecule has 1 aliphatic rings. The van der Waals surface area contributed by atoms with E-state index in [9.17, 15) is 4.57 Å². The van der Waals surface area contributed by atoms with Gasteiger partial charge in [-0.25, -0.2) is 0 Å². The van der Waals surface area contributed by atoms with Gasteiger partial charge in [0, 0.05) is 16.0 Å². The van der Waals surface area contributed by atoms with Crippen molar-refractivity contribution in [1.82, 2.24) is 0 Å². The topological polar surface area (TPSA) is 52.6 Å². The van der Waals surface area contributed by atoms with Gasteiger partial charge in [-0.3, -0.25) is 4.57 Å². The zero-order valence-corrected chi connectivity index (χ0v) is 20.2. The summed E-state index contributed by atoms with van der Waals surface area (Å²) in [5.74, 6) is 0. The van der Waals surface area contributed by atoms with Gasteiger partial charge in [-0.1, -0.05) is 111 Å². The third-order valence-corrected chi connectivity index (χ3v) is 11.2. The van der Waals surface area contributed by atoms with Gasteiger partial charge in [0.15, 0.2) is 7.14 Å². The Hall–Kier alpha value is -2.22. The summed E-state index contributed by atoms with van der Waals surface area (Å²) < 4.78 is 40.7. The molecule has 1 saturated heterocycles. The monoisotopic (exact) mass is 466 g/mol. The van der Waals surface area contributed by atoms with Gasteiger partial charge in [-0.05, 0) is 5.56 Å². The Labute approximate surface area is 190 Å². The first-order valence-electron chi connectivity index (χ1n) is 10.6. The Balaban J connectivity index is 1.92. The van der Waals surface area contributed by atoms with Crippen molar-refractivity contribution in [3.05, 3.63) is 108 Å². The van der Waals surface area contributed by atoms with Crippen LogP contribution in [-0.4, -0.2) is 13.2 Å². The van der Waals surface area contributed by atoms with E-state index in [0.29, 0.717) is 10.6 Å². The highest BCUT2D eigenvalue weighted by Crippen LogP contribution is 2.71. The maximum atomic E-state index is 15.2. The molecule has 1 fully saturated rings. The average Bonchev–Trinajstić information content (AvgIpc) is 2.83. The minimum absolute atomic E-state index is 0.232. The molecule has 3 aromatic rings. The SMILES string of the molecule is C=C(C(c1ccccc1)P(=O)(c1ccccc1)c1ccccc1)P1(=O)OCC(C)(C)CO1. The highest BCUT2D eigenvalue weighted by Gasteiger charge is 2.48. The summed E-state index contributed by atoms with van der Waals surface area (Å²) >= 11 is 0. The van der Waals surface area contributed by atoms with Crippen LogP contribution in [0.4, 0.5) is 0 Å². The van der Waals surface area contributed by atoms with Crippen LogP contribution in [0.5, 0.6) is 0 Å². The van der Waals surface area contributed by atoms with E-state index in [1.165, 1.54) is 0 Å². The lowest BCUT2D eigenvalue weighted by atomic mass is 9.97. The van der Waals surface area contributed by atoms with Gasteiger partial charge in [-0.2, -0.15) is 0 Å². The standard InChI is InChI=1S/C26H28O4P2/c1-21(32(28)29-19-26(2,3)20-30-32)25(22-13-7-4-8-14-22)31(27,23-15-9-5-10-16-23)24-17-11-6-12-18-24/h4-18,25H,1,19-20H2,2-3H3. The number of hydrogen-bond acceptors (Lipinski definition) is 4. The van der Waals surface area contributed by atoms with Gasteiger partial charge in [0.1, 0.15) is 0 Å². The first-order valence-corrected chi connectivity index (χ1v) is 13.9. The van der Waals surface area contributed by atoms with Crippen molar-refractivity contribution in [1.29, 1.82) is 0 Å². The smallest absolute Gasteiger partial charge is 0.313 e. The molecule has 0 spiro atoms. The van der Waals surface area contributed by atoms with E-state index in [4.69, 9.17) is 9.05 Å². The third kappa shape index (κ3) is 4.34. The fraction of sp³-hybridized carbons (Fsp3) is 0.231. The predicted octanol–water partition coefficient (Wildman–Crippen LogP) is 6.52. The molecular formula is C26H28O4P2. The van der Waals surface area contributed by atoms with Crippen molar-refractivity contribution in [3.63, 3.8) is 0 Å². The van der Waals surface area contributed by atoms with E-state index in [-0.39, 0.29) is 23.9 Å². The van der Waals surface area contributed by atoms with Crippen molar-refractivity contribution in [3.8, 4) is 0 Å². The molecule has 32 heavy (non-hydrogen) atoms. The van der Waals surface area contributed by atoms with Gasteiger partial charge in [0.05, 0.1) is 24.2 Å². The van der Waals surface area contributed by atoms with Crippen LogP contribution in [0, 0.1) is 5.41 Å². The van der Waals surface area contributed by atoms with E-state index in [1.54, 1.807) is 0 Å². The lowest BCUT2D eigenvalue weighted by molar-refractivity contribution is 0.0443. The number of hydrogen-bond donors (Lipinski definition) is 0. The second-order valence-electron chi connectivity index (χ2n) is 8.84. The van der Waals surface area contributed by atoms with Crippen molar-refractivity contribution in [2.75, 3.05) is 13.2 Å². The largest absolute Gasteiger partial charge is 0.357 e.